The summed E-state index contributed by atoms with van der Waals surface area (Å²) in [5.74, 6) is 0.278. The van der Waals surface area contributed by atoms with Crippen molar-refractivity contribution in [1.29, 1.82) is 0 Å². The number of hydrogen-bond donors (Lipinski definition) is 2. The first-order valence-electron chi connectivity index (χ1n) is 12.4. The van der Waals surface area contributed by atoms with Crippen LogP contribution < -0.4 is 15.5 Å². The van der Waals surface area contributed by atoms with Crippen molar-refractivity contribution in [3.8, 4) is 0 Å². The molecule has 2 aromatic rings. The summed E-state index contributed by atoms with van der Waals surface area (Å²) in [6.07, 6.45) is 8.62. The summed E-state index contributed by atoms with van der Waals surface area (Å²) in [5, 5.41) is 7.11. The molecule has 35 heavy (non-hydrogen) atoms. The smallest absolute Gasteiger partial charge is 0.243 e. The molecule has 0 saturated carbocycles. The Morgan fingerprint density at radius 3 is 2.66 bits per heavy atom. The van der Waals surface area contributed by atoms with Crippen LogP contribution in [0.2, 0.25) is 5.02 Å². The first kappa shape index (κ1) is 23.7. The standard InChI is InChI=1S/C29H32ClN3O2/c1-29(2)16-23-27(25(34)17-29)28(19-10-4-3-5-11-19)33(24-15-9-8-14-22(24)31-23)18-26(35)32-21-13-7-6-12-20(21)30/h3-4,6-9,12-15,19,28,31H,5,10-11,16-18H2,1-2H3,(H,32,35). The third-order valence-electron chi connectivity index (χ3n) is 7.27. The molecule has 2 aromatic carbocycles. The van der Waals surface area contributed by atoms with Gasteiger partial charge in [-0.2, -0.15) is 0 Å². The quantitative estimate of drug-likeness (QED) is 0.476. The SMILES string of the molecule is CC1(C)CC(=O)C2=C(C1)Nc1ccccc1N(CC(=O)Nc1ccccc1Cl)C2C1CC=CCC1. The average Bonchev–Trinajstić information content (AvgIpc) is 2.95. The molecule has 0 spiro atoms. The number of Topliss-reactive ketones (excluding diaryl/α,β-unsaturated/α-hetero) is 1. The largest absolute Gasteiger partial charge is 0.357 e. The lowest BCUT2D eigenvalue weighted by Gasteiger charge is -2.41. The van der Waals surface area contributed by atoms with Gasteiger partial charge in [-0.1, -0.05) is 61.9 Å². The van der Waals surface area contributed by atoms with E-state index in [-0.39, 0.29) is 35.6 Å². The normalized spacial score (nSPS) is 23.2. The molecule has 1 amide bonds. The second-order valence-electron chi connectivity index (χ2n) is 10.6. The first-order chi connectivity index (χ1) is 16.8. The second-order valence-corrected chi connectivity index (χ2v) is 11.0. The van der Waals surface area contributed by atoms with E-state index in [2.05, 4.69) is 41.5 Å². The van der Waals surface area contributed by atoms with Crippen LogP contribution in [-0.2, 0) is 9.59 Å². The van der Waals surface area contributed by atoms with E-state index in [4.69, 9.17) is 11.6 Å². The van der Waals surface area contributed by atoms with Crippen LogP contribution in [0.5, 0.6) is 0 Å². The summed E-state index contributed by atoms with van der Waals surface area (Å²) in [5.41, 5.74) is 4.23. The summed E-state index contributed by atoms with van der Waals surface area (Å²) in [6, 6.07) is 15.1. The zero-order valence-corrected chi connectivity index (χ0v) is 21.1. The molecule has 0 aromatic heterocycles. The highest BCUT2D eigenvalue weighted by Crippen LogP contribution is 2.46. The monoisotopic (exact) mass is 489 g/mol. The van der Waals surface area contributed by atoms with Crippen LogP contribution in [0.25, 0.3) is 0 Å². The van der Waals surface area contributed by atoms with Gasteiger partial charge in [-0.25, -0.2) is 0 Å². The molecule has 0 bridgehead atoms. The Hall–Kier alpha value is -3.05. The highest BCUT2D eigenvalue weighted by Gasteiger charge is 2.43. The number of carbonyl (C=O) groups is 2. The van der Waals surface area contributed by atoms with E-state index in [1.54, 1.807) is 12.1 Å². The molecule has 6 heteroatoms. The molecular weight excluding hydrogens is 458 g/mol. The topological polar surface area (TPSA) is 61.4 Å². The number of ketones is 1. The summed E-state index contributed by atoms with van der Waals surface area (Å²) in [6.45, 7) is 4.43. The fourth-order valence-electron chi connectivity index (χ4n) is 5.77. The molecule has 5 rings (SSSR count). The van der Waals surface area contributed by atoms with Gasteiger partial charge in [-0.3, -0.25) is 9.59 Å². The molecule has 0 radical (unpaired) electrons. The summed E-state index contributed by atoms with van der Waals surface area (Å²) >= 11 is 6.31. The number of para-hydroxylation sites is 3. The number of allylic oxidation sites excluding steroid dienone is 3. The van der Waals surface area contributed by atoms with Crippen LogP contribution in [0, 0.1) is 11.3 Å². The van der Waals surface area contributed by atoms with E-state index < -0.39 is 0 Å². The van der Waals surface area contributed by atoms with Gasteiger partial charge < -0.3 is 15.5 Å². The van der Waals surface area contributed by atoms with Crippen LogP contribution in [-0.4, -0.2) is 24.3 Å². The van der Waals surface area contributed by atoms with E-state index >= 15 is 0 Å². The fraction of sp³-hybridized carbons (Fsp3) is 0.379. The van der Waals surface area contributed by atoms with Crippen LogP contribution in [0.1, 0.15) is 46.0 Å². The highest BCUT2D eigenvalue weighted by atomic mass is 35.5. The average molecular weight is 490 g/mol. The number of halogens is 1. The third kappa shape index (κ3) is 4.87. The molecule has 2 N–H and O–H groups in total. The second kappa shape index (κ2) is 9.54. The first-order valence-corrected chi connectivity index (χ1v) is 12.8. The Kier molecular flexibility index (Phi) is 6.45. The van der Waals surface area contributed by atoms with E-state index in [1.807, 2.05) is 36.4 Å². The molecule has 2 atom stereocenters. The van der Waals surface area contributed by atoms with Crippen molar-refractivity contribution in [3.63, 3.8) is 0 Å². The number of nitrogens with one attached hydrogen (secondary N) is 2. The number of fused-ring (bicyclic) bond motifs is 1. The Bertz CT molecular complexity index is 1220. The van der Waals surface area contributed by atoms with Gasteiger partial charge in [-0.05, 0) is 61.3 Å². The van der Waals surface area contributed by atoms with Gasteiger partial charge in [0.05, 0.1) is 34.7 Å². The van der Waals surface area contributed by atoms with E-state index in [0.717, 1.165) is 48.3 Å². The van der Waals surface area contributed by atoms with Crippen molar-refractivity contribution in [3.05, 3.63) is 77.0 Å². The molecule has 1 heterocycles. The van der Waals surface area contributed by atoms with Gasteiger partial charge in [0.2, 0.25) is 5.91 Å². The fourth-order valence-corrected chi connectivity index (χ4v) is 5.95. The predicted molar refractivity (Wildman–Crippen MR) is 143 cm³/mol. The van der Waals surface area contributed by atoms with Gasteiger partial charge >= 0.3 is 0 Å². The number of hydrogen-bond acceptors (Lipinski definition) is 4. The highest BCUT2D eigenvalue weighted by molar-refractivity contribution is 6.33. The number of nitrogens with zero attached hydrogens (tertiary/aromatic N) is 1. The maximum Gasteiger partial charge on any atom is 0.243 e. The van der Waals surface area contributed by atoms with Crippen LogP contribution in [0.4, 0.5) is 17.1 Å². The Morgan fingerprint density at radius 2 is 1.89 bits per heavy atom. The summed E-state index contributed by atoms with van der Waals surface area (Å²) in [4.78, 5) is 29.2. The van der Waals surface area contributed by atoms with Crippen molar-refractivity contribution in [2.24, 2.45) is 11.3 Å². The number of benzene rings is 2. The zero-order valence-electron chi connectivity index (χ0n) is 20.3. The van der Waals surface area contributed by atoms with E-state index in [9.17, 15) is 9.59 Å². The minimum Gasteiger partial charge on any atom is -0.357 e. The number of anilines is 3. The molecule has 3 aliphatic rings. The molecule has 182 valence electrons. The van der Waals surface area contributed by atoms with E-state index in [1.165, 1.54) is 0 Å². The van der Waals surface area contributed by atoms with E-state index in [0.29, 0.717) is 17.1 Å². The van der Waals surface area contributed by atoms with Crippen molar-refractivity contribution in [1.82, 2.24) is 0 Å². The van der Waals surface area contributed by atoms with Gasteiger partial charge in [-0.15, -0.1) is 0 Å². The molecular formula is C29H32ClN3O2. The van der Waals surface area contributed by atoms with Gasteiger partial charge in [0.1, 0.15) is 0 Å². The lowest BCUT2D eigenvalue weighted by Crippen LogP contribution is -2.49. The number of amides is 1. The lowest BCUT2D eigenvalue weighted by atomic mass is 9.71. The number of rotatable bonds is 4. The number of carbonyl (C=O) groups excluding carboxylic acids is 2. The minimum atomic E-state index is -0.174. The molecule has 0 fully saturated rings. The molecule has 2 unspecified atom stereocenters. The van der Waals surface area contributed by atoms with Gasteiger partial charge in [0.15, 0.2) is 5.78 Å². The van der Waals surface area contributed by atoms with Crippen molar-refractivity contribution in [2.45, 2.75) is 52.0 Å². The van der Waals surface area contributed by atoms with Crippen molar-refractivity contribution >= 4 is 40.4 Å². The molecule has 5 nitrogen and oxygen atoms in total. The van der Waals surface area contributed by atoms with Crippen LogP contribution in [0.3, 0.4) is 0 Å². The minimum absolute atomic E-state index is 0.106. The van der Waals surface area contributed by atoms with Crippen LogP contribution in [0.15, 0.2) is 72.0 Å². The predicted octanol–water partition coefficient (Wildman–Crippen LogP) is 6.58. The lowest BCUT2D eigenvalue weighted by molar-refractivity contribution is -0.119. The van der Waals surface area contributed by atoms with Gasteiger partial charge in [0.25, 0.3) is 0 Å². The Balaban J connectivity index is 1.59. The molecule has 1 aliphatic heterocycles. The third-order valence-corrected chi connectivity index (χ3v) is 7.60. The zero-order chi connectivity index (χ0) is 24.6. The summed E-state index contributed by atoms with van der Waals surface area (Å²) < 4.78 is 0. The van der Waals surface area contributed by atoms with Crippen molar-refractivity contribution in [2.75, 3.05) is 22.1 Å². The Labute approximate surface area is 212 Å². The van der Waals surface area contributed by atoms with Gasteiger partial charge in [0, 0.05) is 17.7 Å². The molecule has 0 saturated heterocycles. The maximum absolute atomic E-state index is 13.7. The maximum atomic E-state index is 13.7. The van der Waals surface area contributed by atoms with Crippen molar-refractivity contribution < 1.29 is 9.59 Å². The summed E-state index contributed by atoms with van der Waals surface area (Å²) in [7, 11) is 0. The molecule has 2 aliphatic carbocycles. The van der Waals surface area contributed by atoms with Crippen LogP contribution >= 0.6 is 11.6 Å². The Morgan fingerprint density at radius 1 is 1.11 bits per heavy atom.